The molecule has 102 valence electrons. The summed E-state index contributed by atoms with van der Waals surface area (Å²) in [7, 11) is 1.92. The highest BCUT2D eigenvalue weighted by Gasteiger charge is 2.07. The molecule has 0 saturated carbocycles. The van der Waals surface area contributed by atoms with E-state index in [1.807, 2.05) is 20.0 Å². The summed E-state index contributed by atoms with van der Waals surface area (Å²) < 4.78 is 5.40. The van der Waals surface area contributed by atoms with Gasteiger partial charge in [-0.25, -0.2) is 0 Å². The SMILES string of the molecule is CCOCCN(CC)c1ccc(CNC)c(Cl)c1. The fraction of sp³-hybridized carbons (Fsp3) is 0.571. The van der Waals surface area contributed by atoms with Crippen LogP contribution in [-0.4, -0.2) is 33.4 Å². The molecule has 3 nitrogen and oxygen atoms in total. The Kier molecular flexibility index (Phi) is 7.09. The van der Waals surface area contributed by atoms with E-state index in [1.165, 1.54) is 0 Å². The lowest BCUT2D eigenvalue weighted by Crippen LogP contribution is -2.27. The van der Waals surface area contributed by atoms with Crippen molar-refractivity contribution in [2.24, 2.45) is 0 Å². The summed E-state index contributed by atoms with van der Waals surface area (Å²) in [6.45, 7) is 8.31. The summed E-state index contributed by atoms with van der Waals surface area (Å²) in [5.74, 6) is 0. The molecule has 0 saturated heterocycles. The van der Waals surface area contributed by atoms with Crippen molar-refractivity contribution in [3.63, 3.8) is 0 Å². The summed E-state index contributed by atoms with van der Waals surface area (Å²) in [4.78, 5) is 2.27. The van der Waals surface area contributed by atoms with Crippen LogP contribution in [0, 0.1) is 0 Å². The molecule has 0 atom stereocenters. The Morgan fingerprint density at radius 2 is 2.11 bits per heavy atom. The Hall–Kier alpha value is -0.770. The number of nitrogens with zero attached hydrogens (tertiary/aromatic N) is 1. The summed E-state index contributed by atoms with van der Waals surface area (Å²) in [5.41, 5.74) is 2.28. The third-order valence-electron chi connectivity index (χ3n) is 2.86. The number of benzene rings is 1. The van der Waals surface area contributed by atoms with Crippen LogP contribution in [0.4, 0.5) is 5.69 Å². The molecule has 0 aliphatic heterocycles. The van der Waals surface area contributed by atoms with Crippen LogP contribution in [0.2, 0.25) is 5.02 Å². The fourth-order valence-electron chi connectivity index (χ4n) is 1.86. The van der Waals surface area contributed by atoms with Crippen molar-refractivity contribution in [1.82, 2.24) is 5.32 Å². The Morgan fingerprint density at radius 3 is 2.67 bits per heavy atom. The van der Waals surface area contributed by atoms with Crippen molar-refractivity contribution < 1.29 is 4.74 Å². The molecule has 0 aliphatic rings. The fourth-order valence-corrected chi connectivity index (χ4v) is 2.10. The van der Waals surface area contributed by atoms with Crippen molar-refractivity contribution in [1.29, 1.82) is 0 Å². The van der Waals surface area contributed by atoms with Gasteiger partial charge in [0.15, 0.2) is 0 Å². The van der Waals surface area contributed by atoms with Gasteiger partial charge in [0, 0.05) is 37.0 Å². The van der Waals surface area contributed by atoms with Crippen molar-refractivity contribution in [3.05, 3.63) is 28.8 Å². The van der Waals surface area contributed by atoms with Crippen LogP contribution in [0.25, 0.3) is 0 Å². The van der Waals surface area contributed by atoms with Gasteiger partial charge >= 0.3 is 0 Å². The lowest BCUT2D eigenvalue weighted by atomic mass is 10.2. The van der Waals surface area contributed by atoms with Crippen molar-refractivity contribution in [2.45, 2.75) is 20.4 Å². The van der Waals surface area contributed by atoms with Crippen LogP contribution >= 0.6 is 11.6 Å². The zero-order chi connectivity index (χ0) is 13.4. The normalized spacial score (nSPS) is 10.7. The average molecular weight is 271 g/mol. The Bertz CT molecular complexity index is 358. The second-order valence-corrected chi connectivity index (χ2v) is 4.49. The van der Waals surface area contributed by atoms with Gasteiger partial charge in [0.25, 0.3) is 0 Å². The van der Waals surface area contributed by atoms with Gasteiger partial charge in [-0.05, 0) is 38.6 Å². The monoisotopic (exact) mass is 270 g/mol. The summed E-state index contributed by atoms with van der Waals surface area (Å²) >= 11 is 6.27. The predicted molar refractivity (Wildman–Crippen MR) is 78.6 cm³/mol. The highest BCUT2D eigenvalue weighted by molar-refractivity contribution is 6.31. The van der Waals surface area contributed by atoms with Crippen LogP contribution in [0.3, 0.4) is 0 Å². The average Bonchev–Trinajstić information content (AvgIpc) is 2.37. The summed E-state index contributed by atoms with van der Waals surface area (Å²) in [6.07, 6.45) is 0. The van der Waals surface area contributed by atoms with Crippen LogP contribution in [-0.2, 0) is 11.3 Å². The third kappa shape index (κ3) is 4.48. The van der Waals surface area contributed by atoms with Gasteiger partial charge in [-0.1, -0.05) is 17.7 Å². The van der Waals surface area contributed by atoms with Crippen molar-refractivity contribution >= 4 is 17.3 Å². The number of nitrogens with one attached hydrogen (secondary N) is 1. The van der Waals surface area contributed by atoms with Gasteiger partial charge < -0.3 is 15.0 Å². The number of ether oxygens (including phenoxy) is 1. The van der Waals surface area contributed by atoms with Gasteiger partial charge in [0.05, 0.1) is 6.61 Å². The molecule has 0 bridgehead atoms. The lowest BCUT2D eigenvalue weighted by Gasteiger charge is -2.23. The number of hydrogen-bond donors (Lipinski definition) is 1. The summed E-state index contributed by atoms with van der Waals surface area (Å²) in [6, 6.07) is 6.23. The van der Waals surface area contributed by atoms with E-state index >= 15 is 0 Å². The Balaban J connectivity index is 2.71. The minimum absolute atomic E-state index is 0.750. The molecule has 0 heterocycles. The third-order valence-corrected chi connectivity index (χ3v) is 3.21. The molecule has 0 amide bonds. The van der Waals surface area contributed by atoms with Crippen molar-refractivity contribution in [3.8, 4) is 0 Å². The zero-order valence-corrected chi connectivity index (χ0v) is 12.3. The number of rotatable bonds is 8. The van der Waals surface area contributed by atoms with Crippen LogP contribution in [0.15, 0.2) is 18.2 Å². The van der Waals surface area contributed by atoms with E-state index in [9.17, 15) is 0 Å². The number of likely N-dealkylation sites (N-methyl/N-ethyl adjacent to an activating group) is 1. The maximum Gasteiger partial charge on any atom is 0.0641 e. The highest BCUT2D eigenvalue weighted by Crippen LogP contribution is 2.23. The first-order valence-electron chi connectivity index (χ1n) is 6.48. The number of hydrogen-bond acceptors (Lipinski definition) is 3. The largest absolute Gasteiger partial charge is 0.380 e. The van der Waals surface area contributed by atoms with E-state index in [2.05, 4.69) is 29.3 Å². The van der Waals surface area contributed by atoms with E-state index in [0.29, 0.717) is 0 Å². The van der Waals surface area contributed by atoms with Gasteiger partial charge in [0.1, 0.15) is 0 Å². The Labute approximate surface area is 115 Å². The molecule has 1 rings (SSSR count). The second-order valence-electron chi connectivity index (χ2n) is 4.08. The molecule has 4 heteroatoms. The molecule has 18 heavy (non-hydrogen) atoms. The van der Waals surface area contributed by atoms with Gasteiger partial charge in [-0.3, -0.25) is 0 Å². The van der Waals surface area contributed by atoms with E-state index < -0.39 is 0 Å². The van der Waals surface area contributed by atoms with Crippen LogP contribution < -0.4 is 10.2 Å². The lowest BCUT2D eigenvalue weighted by molar-refractivity contribution is 0.154. The van der Waals surface area contributed by atoms with E-state index in [1.54, 1.807) is 0 Å². The van der Waals surface area contributed by atoms with E-state index in [4.69, 9.17) is 16.3 Å². The minimum Gasteiger partial charge on any atom is -0.380 e. The van der Waals surface area contributed by atoms with Crippen LogP contribution in [0.1, 0.15) is 19.4 Å². The van der Waals surface area contributed by atoms with Gasteiger partial charge in [0.2, 0.25) is 0 Å². The molecule has 0 aromatic heterocycles. The highest BCUT2D eigenvalue weighted by atomic mass is 35.5. The molecule has 0 radical (unpaired) electrons. The predicted octanol–water partition coefficient (Wildman–Crippen LogP) is 2.92. The summed E-state index contributed by atoms with van der Waals surface area (Å²) in [5, 5.41) is 3.93. The smallest absolute Gasteiger partial charge is 0.0641 e. The second kappa shape index (κ2) is 8.35. The molecular weight excluding hydrogens is 248 g/mol. The topological polar surface area (TPSA) is 24.5 Å². The molecule has 1 aromatic rings. The maximum atomic E-state index is 6.27. The molecular formula is C14H23ClN2O. The number of halogens is 1. The Morgan fingerprint density at radius 1 is 1.33 bits per heavy atom. The first-order valence-corrected chi connectivity index (χ1v) is 6.86. The van der Waals surface area contributed by atoms with Gasteiger partial charge in [-0.15, -0.1) is 0 Å². The zero-order valence-electron chi connectivity index (χ0n) is 11.5. The van der Waals surface area contributed by atoms with E-state index in [0.717, 1.165) is 49.1 Å². The quantitative estimate of drug-likeness (QED) is 0.735. The molecule has 0 unspecified atom stereocenters. The minimum atomic E-state index is 0.750. The first kappa shape index (κ1) is 15.3. The molecule has 0 aliphatic carbocycles. The molecule has 1 N–H and O–H groups in total. The molecule has 0 spiro atoms. The first-order chi connectivity index (χ1) is 8.72. The van der Waals surface area contributed by atoms with Crippen LogP contribution in [0.5, 0.6) is 0 Å². The number of anilines is 1. The molecule has 0 fully saturated rings. The van der Waals surface area contributed by atoms with Crippen molar-refractivity contribution in [2.75, 3.05) is 38.3 Å². The standard InChI is InChI=1S/C14H23ClN2O/c1-4-17(8-9-18-5-2)13-7-6-12(11-16-3)14(15)10-13/h6-7,10,16H,4-5,8-9,11H2,1-3H3. The van der Waals surface area contributed by atoms with E-state index in [-0.39, 0.29) is 0 Å². The maximum absolute atomic E-state index is 6.27. The molecule has 1 aromatic carbocycles. The van der Waals surface area contributed by atoms with Gasteiger partial charge in [-0.2, -0.15) is 0 Å².